The Morgan fingerprint density at radius 3 is 2.47 bits per heavy atom. The summed E-state index contributed by atoms with van der Waals surface area (Å²) in [6.45, 7) is 3.64. The molecule has 1 atom stereocenters. The van der Waals surface area contributed by atoms with E-state index in [1.807, 2.05) is 0 Å². The third kappa shape index (κ3) is 2.49. The number of carbonyl (C=O) groups is 1. The highest BCUT2D eigenvalue weighted by atomic mass is 32.2. The van der Waals surface area contributed by atoms with Crippen molar-refractivity contribution in [1.82, 2.24) is 4.31 Å². The van der Waals surface area contributed by atoms with Crippen molar-refractivity contribution in [2.45, 2.75) is 44.4 Å². The third-order valence-electron chi connectivity index (χ3n) is 2.70. The third-order valence-corrected chi connectivity index (χ3v) is 4.99. The molecule has 1 unspecified atom stereocenters. The van der Waals surface area contributed by atoms with Crippen molar-refractivity contribution in [2.75, 3.05) is 6.54 Å². The molecule has 0 bridgehead atoms. The minimum absolute atomic E-state index is 0.411. The Labute approximate surface area is 90.7 Å². The Morgan fingerprint density at radius 1 is 1.40 bits per heavy atom. The second-order valence-corrected chi connectivity index (χ2v) is 6.56. The maximum atomic E-state index is 11.9. The molecule has 1 heterocycles. The van der Waals surface area contributed by atoms with E-state index in [1.54, 1.807) is 13.8 Å². The first kappa shape index (κ1) is 12.4. The predicted molar refractivity (Wildman–Crippen MR) is 57.6 cm³/mol. The molecule has 1 fully saturated rings. The summed E-state index contributed by atoms with van der Waals surface area (Å²) in [5, 5.41) is -0.502. The quantitative estimate of drug-likeness (QED) is 0.750. The number of nitrogens with two attached hydrogens (primary N) is 1. The summed E-state index contributed by atoms with van der Waals surface area (Å²) in [4.78, 5) is 11.2. The van der Waals surface area contributed by atoms with Crippen LogP contribution in [0.5, 0.6) is 0 Å². The van der Waals surface area contributed by atoms with E-state index in [0.717, 1.165) is 12.8 Å². The second-order valence-electron chi connectivity index (χ2n) is 4.12. The standard InChI is InChI=1S/C9H18N2O3S/c1-7(2)15(13,14)11-6-4-3-5-8(11)9(10)12/h7-8H,3-6H2,1-2H3,(H2,10,12). The highest BCUT2D eigenvalue weighted by molar-refractivity contribution is 7.89. The summed E-state index contributed by atoms with van der Waals surface area (Å²) in [5.41, 5.74) is 5.21. The highest BCUT2D eigenvalue weighted by Gasteiger charge is 2.36. The van der Waals surface area contributed by atoms with Gasteiger partial charge in [-0.3, -0.25) is 4.79 Å². The number of carbonyl (C=O) groups excluding carboxylic acids is 1. The zero-order valence-corrected chi connectivity index (χ0v) is 9.96. The fourth-order valence-corrected chi connectivity index (χ4v) is 3.25. The average Bonchev–Trinajstić information content (AvgIpc) is 2.17. The van der Waals surface area contributed by atoms with Crippen LogP contribution < -0.4 is 5.73 Å². The van der Waals surface area contributed by atoms with Crippen LogP contribution in [0, 0.1) is 0 Å². The van der Waals surface area contributed by atoms with Gasteiger partial charge >= 0.3 is 0 Å². The van der Waals surface area contributed by atoms with Crippen LogP contribution >= 0.6 is 0 Å². The number of sulfonamides is 1. The molecule has 0 aromatic heterocycles. The highest BCUT2D eigenvalue weighted by Crippen LogP contribution is 2.22. The Hall–Kier alpha value is -0.620. The molecule has 1 aliphatic heterocycles. The molecule has 0 aromatic carbocycles. The van der Waals surface area contributed by atoms with Crippen LogP contribution in [0.4, 0.5) is 0 Å². The Morgan fingerprint density at radius 2 is 2.00 bits per heavy atom. The number of rotatable bonds is 3. The number of hydrogen-bond acceptors (Lipinski definition) is 3. The average molecular weight is 234 g/mol. The van der Waals surface area contributed by atoms with Gasteiger partial charge in [-0.2, -0.15) is 4.31 Å². The summed E-state index contributed by atoms with van der Waals surface area (Å²) in [6, 6.07) is -0.647. The fraction of sp³-hybridized carbons (Fsp3) is 0.889. The van der Waals surface area contributed by atoms with E-state index in [9.17, 15) is 13.2 Å². The van der Waals surface area contributed by atoms with Crippen LogP contribution in [-0.4, -0.2) is 36.5 Å². The Balaban J connectivity index is 2.95. The first-order chi connectivity index (χ1) is 6.87. The van der Waals surface area contributed by atoms with Gasteiger partial charge in [0, 0.05) is 6.54 Å². The van der Waals surface area contributed by atoms with Crippen molar-refractivity contribution < 1.29 is 13.2 Å². The topological polar surface area (TPSA) is 80.5 Å². The summed E-state index contributed by atoms with van der Waals surface area (Å²) in [7, 11) is -3.36. The van der Waals surface area contributed by atoms with Crippen molar-refractivity contribution in [3.63, 3.8) is 0 Å². The molecule has 15 heavy (non-hydrogen) atoms. The Bertz CT molecular complexity index is 337. The molecule has 1 saturated heterocycles. The molecule has 1 amide bonds. The van der Waals surface area contributed by atoms with Gasteiger partial charge in [0.25, 0.3) is 0 Å². The van der Waals surface area contributed by atoms with Crippen molar-refractivity contribution in [1.29, 1.82) is 0 Å². The van der Waals surface area contributed by atoms with Crippen LogP contribution in [0.25, 0.3) is 0 Å². The normalized spacial score (nSPS) is 24.3. The zero-order valence-electron chi connectivity index (χ0n) is 9.14. The predicted octanol–water partition coefficient (Wildman–Crippen LogP) is 0.0644. The molecule has 0 aliphatic carbocycles. The van der Waals surface area contributed by atoms with Gasteiger partial charge in [-0.15, -0.1) is 0 Å². The van der Waals surface area contributed by atoms with Gasteiger partial charge in [0.2, 0.25) is 15.9 Å². The number of primary amides is 1. The lowest BCUT2D eigenvalue weighted by Gasteiger charge is -2.33. The molecular formula is C9H18N2O3S. The van der Waals surface area contributed by atoms with Crippen molar-refractivity contribution >= 4 is 15.9 Å². The largest absolute Gasteiger partial charge is 0.368 e. The molecule has 1 rings (SSSR count). The maximum absolute atomic E-state index is 11.9. The van der Waals surface area contributed by atoms with E-state index in [4.69, 9.17) is 5.73 Å². The van der Waals surface area contributed by atoms with E-state index in [1.165, 1.54) is 4.31 Å². The number of amides is 1. The second kappa shape index (κ2) is 4.49. The zero-order chi connectivity index (χ0) is 11.6. The van der Waals surface area contributed by atoms with Gasteiger partial charge in [-0.1, -0.05) is 6.42 Å². The van der Waals surface area contributed by atoms with Crippen LogP contribution in [0.15, 0.2) is 0 Å². The SMILES string of the molecule is CC(C)S(=O)(=O)N1CCCCC1C(N)=O. The molecule has 6 heteroatoms. The molecule has 0 saturated carbocycles. The lowest BCUT2D eigenvalue weighted by molar-refractivity contribution is -0.122. The fourth-order valence-electron chi connectivity index (χ4n) is 1.76. The van der Waals surface area contributed by atoms with Crippen LogP contribution in [0.1, 0.15) is 33.1 Å². The Kier molecular flexibility index (Phi) is 3.72. The van der Waals surface area contributed by atoms with Gasteiger partial charge in [0.15, 0.2) is 0 Å². The molecular weight excluding hydrogens is 216 g/mol. The van der Waals surface area contributed by atoms with Gasteiger partial charge in [0.05, 0.1) is 5.25 Å². The van der Waals surface area contributed by atoms with Crippen molar-refractivity contribution in [3.8, 4) is 0 Å². The minimum Gasteiger partial charge on any atom is -0.368 e. The van der Waals surface area contributed by atoms with E-state index >= 15 is 0 Å². The smallest absolute Gasteiger partial charge is 0.235 e. The molecule has 88 valence electrons. The van der Waals surface area contributed by atoms with E-state index in [0.29, 0.717) is 13.0 Å². The molecule has 1 aliphatic rings. The van der Waals surface area contributed by atoms with Crippen molar-refractivity contribution in [3.05, 3.63) is 0 Å². The lowest BCUT2D eigenvalue weighted by Crippen LogP contribution is -2.52. The molecule has 5 nitrogen and oxygen atoms in total. The van der Waals surface area contributed by atoms with Gasteiger partial charge in [-0.05, 0) is 26.7 Å². The summed E-state index contributed by atoms with van der Waals surface area (Å²) in [6.07, 6.45) is 2.20. The van der Waals surface area contributed by atoms with Crippen LogP contribution in [0.3, 0.4) is 0 Å². The molecule has 0 radical (unpaired) electrons. The minimum atomic E-state index is -3.36. The summed E-state index contributed by atoms with van der Waals surface area (Å²) in [5.74, 6) is -0.543. The van der Waals surface area contributed by atoms with E-state index < -0.39 is 27.2 Å². The van der Waals surface area contributed by atoms with Crippen LogP contribution in [-0.2, 0) is 14.8 Å². The number of piperidine rings is 1. The molecule has 0 aromatic rings. The monoisotopic (exact) mass is 234 g/mol. The van der Waals surface area contributed by atoms with Crippen molar-refractivity contribution in [2.24, 2.45) is 5.73 Å². The first-order valence-electron chi connectivity index (χ1n) is 5.17. The maximum Gasteiger partial charge on any atom is 0.235 e. The summed E-state index contributed by atoms with van der Waals surface area (Å²) >= 11 is 0. The van der Waals surface area contributed by atoms with Gasteiger partial charge in [-0.25, -0.2) is 8.42 Å². The van der Waals surface area contributed by atoms with E-state index in [-0.39, 0.29) is 0 Å². The van der Waals surface area contributed by atoms with Gasteiger partial charge in [0.1, 0.15) is 6.04 Å². The number of nitrogens with zero attached hydrogens (tertiary/aromatic N) is 1. The number of hydrogen-bond donors (Lipinski definition) is 1. The molecule has 2 N–H and O–H groups in total. The first-order valence-corrected chi connectivity index (χ1v) is 6.67. The summed E-state index contributed by atoms with van der Waals surface area (Å²) < 4.78 is 25.1. The van der Waals surface area contributed by atoms with Gasteiger partial charge < -0.3 is 5.73 Å². The van der Waals surface area contributed by atoms with E-state index in [2.05, 4.69) is 0 Å². The lowest BCUT2D eigenvalue weighted by atomic mass is 10.0. The molecule has 0 spiro atoms. The van der Waals surface area contributed by atoms with Crippen LogP contribution in [0.2, 0.25) is 0 Å².